The molecule has 0 aromatic rings. The monoisotopic (exact) mass is 1140 g/mol. The van der Waals surface area contributed by atoms with E-state index in [0.717, 1.165) is 122 Å². The van der Waals surface area contributed by atoms with Gasteiger partial charge >= 0.3 is 17.9 Å². The highest BCUT2D eigenvalue weighted by Crippen LogP contribution is 2.17. The maximum absolute atomic E-state index is 12.9. The Morgan fingerprint density at radius 1 is 0.256 bits per heavy atom. The van der Waals surface area contributed by atoms with Crippen molar-refractivity contribution in [3.63, 3.8) is 0 Å². The molecule has 6 heteroatoms. The summed E-state index contributed by atoms with van der Waals surface area (Å²) in [5, 5.41) is 0. The largest absolute Gasteiger partial charge is 0.462 e. The quantitative estimate of drug-likeness (QED) is 0.0261. The summed E-state index contributed by atoms with van der Waals surface area (Å²) >= 11 is 0. The van der Waals surface area contributed by atoms with Crippen LogP contribution >= 0.6 is 0 Å². The fourth-order valence-electron chi connectivity index (χ4n) is 9.85. The average Bonchev–Trinajstić information content (AvgIpc) is 3.48. The third kappa shape index (κ3) is 66.9. The highest BCUT2D eigenvalue weighted by Gasteiger charge is 2.19. The van der Waals surface area contributed by atoms with Crippen LogP contribution in [0.5, 0.6) is 0 Å². The molecule has 6 nitrogen and oxygen atoms in total. The molecule has 470 valence electrons. The second kappa shape index (κ2) is 69.6. The molecular weight excluding hydrogens is 1010 g/mol. The van der Waals surface area contributed by atoms with Crippen LogP contribution in [0, 0.1) is 0 Å². The predicted octanol–water partition coefficient (Wildman–Crippen LogP) is 24.2. The molecule has 82 heavy (non-hydrogen) atoms. The van der Waals surface area contributed by atoms with E-state index in [1.807, 2.05) is 0 Å². The number of rotatable bonds is 63. The van der Waals surface area contributed by atoms with Crippen molar-refractivity contribution < 1.29 is 28.6 Å². The van der Waals surface area contributed by atoms with Gasteiger partial charge in [-0.05, 0) is 89.9 Å². The topological polar surface area (TPSA) is 78.9 Å². The van der Waals surface area contributed by atoms with Crippen LogP contribution in [-0.4, -0.2) is 37.2 Å². The van der Waals surface area contributed by atoms with Crippen LogP contribution in [0.15, 0.2) is 109 Å². The number of carbonyl (C=O) groups is 3. The molecule has 0 aromatic heterocycles. The minimum atomic E-state index is -0.780. The van der Waals surface area contributed by atoms with Gasteiger partial charge in [0.25, 0.3) is 0 Å². The molecule has 0 aliphatic rings. The van der Waals surface area contributed by atoms with Crippen LogP contribution in [0.1, 0.15) is 335 Å². The lowest BCUT2D eigenvalue weighted by Crippen LogP contribution is -2.30. The first-order chi connectivity index (χ1) is 40.5. The lowest BCUT2D eigenvalue weighted by molar-refractivity contribution is -0.167. The number of ether oxygens (including phenoxy) is 3. The molecule has 0 bridgehead atoms. The van der Waals surface area contributed by atoms with Gasteiger partial charge in [0.1, 0.15) is 13.2 Å². The smallest absolute Gasteiger partial charge is 0.306 e. The molecule has 0 fully saturated rings. The second-order valence-electron chi connectivity index (χ2n) is 23.1. The van der Waals surface area contributed by atoms with Gasteiger partial charge in [-0.2, -0.15) is 0 Å². The van der Waals surface area contributed by atoms with Crippen LogP contribution < -0.4 is 0 Å². The van der Waals surface area contributed by atoms with Gasteiger partial charge in [-0.25, -0.2) is 0 Å². The Kier molecular flexibility index (Phi) is 66.2. The van der Waals surface area contributed by atoms with Gasteiger partial charge in [-0.3, -0.25) is 14.4 Å². The molecule has 1 atom stereocenters. The van der Waals surface area contributed by atoms with Crippen LogP contribution in [0.2, 0.25) is 0 Å². The number of allylic oxidation sites excluding steroid dienone is 18. The molecule has 0 spiro atoms. The van der Waals surface area contributed by atoms with E-state index in [9.17, 15) is 14.4 Å². The van der Waals surface area contributed by atoms with Gasteiger partial charge in [-0.15, -0.1) is 0 Å². The van der Waals surface area contributed by atoms with E-state index < -0.39 is 6.10 Å². The van der Waals surface area contributed by atoms with E-state index in [1.54, 1.807) is 0 Å². The zero-order valence-electron chi connectivity index (χ0n) is 54.0. The molecule has 0 saturated carbocycles. The molecule has 0 N–H and O–H groups in total. The summed E-state index contributed by atoms with van der Waals surface area (Å²) in [6.45, 7) is 6.54. The summed E-state index contributed by atoms with van der Waals surface area (Å²) < 4.78 is 16.9. The van der Waals surface area contributed by atoms with Crippen molar-refractivity contribution in [3.8, 4) is 0 Å². The molecule has 0 aliphatic carbocycles. The number of unbranched alkanes of at least 4 members (excludes halogenated alkanes) is 34. The zero-order chi connectivity index (χ0) is 59.2. The molecule has 0 aliphatic heterocycles. The number of carbonyl (C=O) groups excluding carboxylic acids is 3. The van der Waals surface area contributed by atoms with Crippen molar-refractivity contribution in [2.45, 2.75) is 341 Å². The van der Waals surface area contributed by atoms with E-state index >= 15 is 0 Å². The van der Waals surface area contributed by atoms with E-state index in [4.69, 9.17) is 14.2 Å². The summed E-state index contributed by atoms with van der Waals surface area (Å²) in [7, 11) is 0. The van der Waals surface area contributed by atoms with Crippen molar-refractivity contribution in [3.05, 3.63) is 109 Å². The summed E-state index contributed by atoms with van der Waals surface area (Å²) in [4.78, 5) is 38.3. The fourth-order valence-corrected chi connectivity index (χ4v) is 9.85. The second-order valence-corrected chi connectivity index (χ2v) is 23.1. The van der Waals surface area contributed by atoms with Crippen molar-refractivity contribution in [1.82, 2.24) is 0 Å². The minimum Gasteiger partial charge on any atom is -0.462 e. The molecular formula is C76H130O6. The van der Waals surface area contributed by atoms with Crippen molar-refractivity contribution in [2.75, 3.05) is 13.2 Å². The van der Waals surface area contributed by atoms with Crippen molar-refractivity contribution in [1.29, 1.82) is 0 Å². The summed E-state index contributed by atoms with van der Waals surface area (Å²) in [5.74, 6) is -0.877. The maximum Gasteiger partial charge on any atom is 0.306 e. The van der Waals surface area contributed by atoms with Crippen LogP contribution in [0.4, 0.5) is 0 Å². The van der Waals surface area contributed by atoms with Gasteiger partial charge in [0.15, 0.2) is 6.10 Å². The first-order valence-electron chi connectivity index (χ1n) is 34.9. The Balaban J connectivity index is 4.18. The van der Waals surface area contributed by atoms with E-state index in [-0.39, 0.29) is 31.1 Å². The van der Waals surface area contributed by atoms with Crippen molar-refractivity contribution >= 4 is 17.9 Å². The van der Waals surface area contributed by atoms with E-state index in [0.29, 0.717) is 19.3 Å². The van der Waals surface area contributed by atoms with Crippen LogP contribution in [0.3, 0.4) is 0 Å². The lowest BCUT2D eigenvalue weighted by atomic mass is 10.0. The third-order valence-corrected chi connectivity index (χ3v) is 15.0. The highest BCUT2D eigenvalue weighted by atomic mass is 16.6. The van der Waals surface area contributed by atoms with Crippen molar-refractivity contribution in [2.24, 2.45) is 0 Å². The normalized spacial score (nSPS) is 12.8. The first-order valence-corrected chi connectivity index (χ1v) is 34.9. The van der Waals surface area contributed by atoms with Gasteiger partial charge in [0.05, 0.1) is 0 Å². The maximum atomic E-state index is 12.9. The third-order valence-electron chi connectivity index (χ3n) is 15.0. The Labute approximate surface area is 508 Å². The molecule has 0 rings (SSSR count). The van der Waals surface area contributed by atoms with Gasteiger partial charge in [0.2, 0.25) is 0 Å². The average molecular weight is 1140 g/mol. The molecule has 0 radical (unpaired) electrons. The molecule has 0 amide bonds. The number of hydrogen-bond acceptors (Lipinski definition) is 6. The van der Waals surface area contributed by atoms with E-state index in [1.165, 1.54) is 173 Å². The number of esters is 3. The van der Waals surface area contributed by atoms with Crippen LogP contribution in [0.25, 0.3) is 0 Å². The molecule has 0 aromatic carbocycles. The van der Waals surface area contributed by atoms with E-state index in [2.05, 4.69) is 130 Å². The molecule has 0 saturated heterocycles. The molecule has 0 heterocycles. The van der Waals surface area contributed by atoms with Crippen LogP contribution in [-0.2, 0) is 28.6 Å². The van der Waals surface area contributed by atoms with Gasteiger partial charge < -0.3 is 14.2 Å². The number of hydrogen-bond donors (Lipinski definition) is 0. The van der Waals surface area contributed by atoms with Gasteiger partial charge in [0, 0.05) is 19.3 Å². The fraction of sp³-hybridized carbons (Fsp3) is 0.724. The highest BCUT2D eigenvalue weighted by molar-refractivity contribution is 5.71. The first kappa shape index (κ1) is 78.1. The standard InChI is InChI=1S/C76H130O6/c1-4-7-10-13-16-19-21-23-25-27-29-31-32-33-34-35-36-37-38-39-40-41-42-43-44-45-47-48-50-52-54-57-60-63-66-69-75(78)81-72-73(71-80-74(77)68-65-62-59-56-18-15-12-9-6-3)82-76(79)70-67-64-61-58-55-53-51-49-46-30-28-26-24-22-20-17-14-11-8-5-2/h7,10,16,19,23,25,29,31,33-34,36-37,39-40,42-43,45,47,73H,4-6,8-9,11-15,17-18,20-22,24,26-28,30,32,35,38,41,44,46,48-72H2,1-3H3/b10-7-,19-16-,25-23-,31-29-,34-33-,37-36-,40-39-,43-42-,47-45-. The lowest BCUT2D eigenvalue weighted by Gasteiger charge is -2.18. The SMILES string of the molecule is CC/C=C\C/C=C\C/C=C\C/C=C\C/C=C\C/C=C\C/C=C\C/C=C\C/C=C\CCCCCCCCCC(=O)OCC(COC(=O)CCCCCCCCCCC)OC(=O)CCCCCCCCCCCCCCCCCCCCCC. The zero-order valence-corrected chi connectivity index (χ0v) is 54.0. The summed E-state index contributed by atoms with van der Waals surface area (Å²) in [6, 6.07) is 0. The summed E-state index contributed by atoms with van der Waals surface area (Å²) in [6.07, 6.45) is 95.5. The minimum absolute atomic E-state index is 0.0769. The Hall–Kier alpha value is -3.93. The van der Waals surface area contributed by atoms with Gasteiger partial charge in [-0.1, -0.05) is 336 Å². The Bertz CT molecular complexity index is 1640. The summed E-state index contributed by atoms with van der Waals surface area (Å²) in [5.41, 5.74) is 0. The Morgan fingerprint density at radius 2 is 0.476 bits per heavy atom. The molecule has 1 unspecified atom stereocenters. The Morgan fingerprint density at radius 3 is 0.744 bits per heavy atom. The predicted molar refractivity (Wildman–Crippen MR) is 357 cm³/mol.